The van der Waals surface area contributed by atoms with Crippen molar-refractivity contribution in [3.63, 3.8) is 0 Å². The summed E-state index contributed by atoms with van der Waals surface area (Å²) in [7, 11) is 1.89. The molecule has 0 bridgehead atoms. The molecule has 0 aliphatic heterocycles. The van der Waals surface area contributed by atoms with Crippen molar-refractivity contribution in [2.45, 2.75) is 45.6 Å². The molecule has 17 heavy (non-hydrogen) atoms. The first-order valence-electron chi connectivity index (χ1n) is 6.30. The van der Waals surface area contributed by atoms with Crippen molar-refractivity contribution in [2.75, 3.05) is 6.61 Å². The summed E-state index contributed by atoms with van der Waals surface area (Å²) < 4.78 is 7.28. The van der Waals surface area contributed by atoms with Gasteiger partial charge < -0.3 is 4.74 Å². The van der Waals surface area contributed by atoms with E-state index in [2.05, 4.69) is 12.0 Å². The van der Waals surface area contributed by atoms with E-state index in [9.17, 15) is 4.79 Å². The Kier molecular flexibility index (Phi) is 5.91. The Balaban J connectivity index is 2.44. The van der Waals surface area contributed by atoms with E-state index in [1.165, 1.54) is 0 Å². The van der Waals surface area contributed by atoms with Gasteiger partial charge in [-0.25, -0.2) is 0 Å². The molecule has 1 atom stereocenters. The predicted octanol–water partition coefficient (Wildman–Crippen LogP) is 2.13. The Hall–Kier alpha value is -1.16. The summed E-state index contributed by atoms with van der Waals surface area (Å²) in [4.78, 5) is 12.0. The zero-order valence-electron chi connectivity index (χ0n) is 11.0. The molecule has 0 fully saturated rings. The standard InChI is InChI=1S/C13H22N2O2/c1-4-6-13(17-5-2)12(16)8-7-11-9-10-14-15(11)3/h9-10,13H,4-8H2,1-3H3. The molecule has 0 aliphatic carbocycles. The van der Waals surface area contributed by atoms with E-state index in [4.69, 9.17) is 4.74 Å². The van der Waals surface area contributed by atoms with Crippen LogP contribution in [0.15, 0.2) is 12.3 Å². The van der Waals surface area contributed by atoms with Gasteiger partial charge in [0.25, 0.3) is 0 Å². The lowest BCUT2D eigenvalue weighted by Gasteiger charge is -2.14. The SMILES string of the molecule is CCCC(OCC)C(=O)CCc1ccnn1C. The Labute approximate surface area is 103 Å². The fourth-order valence-corrected chi connectivity index (χ4v) is 1.86. The van der Waals surface area contributed by atoms with E-state index in [0.717, 1.165) is 25.0 Å². The minimum absolute atomic E-state index is 0.204. The number of aryl methyl sites for hydroxylation is 2. The molecule has 4 nitrogen and oxygen atoms in total. The van der Waals surface area contributed by atoms with Gasteiger partial charge in [0, 0.05) is 32.0 Å². The van der Waals surface area contributed by atoms with Crippen LogP contribution in [0.2, 0.25) is 0 Å². The van der Waals surface area contributed by atoms with Crippen LogP contribution in [-0.2, 0) is 23.0 Å². The normalized spacial score (nSPS) is 12.6. The quantitative estimate of drug-likeness (QED) is 0.697. The molecule has 0 radical (unpaired) electrons. The van der Waals surface area contributed by atoms with Crippen LogP contribution in [-0.4, -0.2) is 28.3 Å². The van der Waals surface area contributed by atoms with Gasteiger partial charge in [-0.15, -0.1) is 0 Å². The number of Topliss-reactive ketones (excluding diaryl/α,β-unsaturated/α-hetero) is 1. The highest BCUT2D eigenvalue weighted by Gasteiger charge is 2.17. The summed E-state index contributed by atoms with van der Waals surface area (Å²) in [5.74, 6) is 0.204. The molecule has 0 N–H and O–H groups in total. The lowest BCUT2D eigenvalue weighted by Crippen LogP contribution is -2.24. The van der Waals surface area contributed by atoms with E-state index < -0.39 is 0 Å². The van der Waals surface area contributed by atoms with Crippen LogP contribution >= 0.6 is 0 Å². The molecule has 1 rings (SSSR count). The number of hydrogen-bond donors (Lipinski definition) is 0. The van der Waals surface area contributed by atoms with E-state index >= 15 is 0 Å². The number of hydrogen-bond acceptors (Lipinski definition) is 3. The number of aromatic nitrogens is 2. The summed E-state index contributed by atoms with van der Waals surface area (Å²) in [5, 5.41) is 4.09. The average Bonchev–Trinajstić information content (AvgIpc) is 2.71. The molecule has 0 amide bonds. The third-order valence-corrected chi connectivity index (χ3v) is 2.83. The molecule has 1 aromatic rings. The summed E-state index contributed by atoms with van der Waals surface area (Å²) in [6.45, 7) is 4.60. The van der Waals surface area contributed by atoms with E-state index in [-0.39, 0.29) is 11.9 Å². The summed E-state index contributed by atoms with van der Waals surface area (Å²) in [5.41, 5.74) is 1.09. The minimum Gasteiger partial charge on any atom is -0.371 e. The van der Waals surface area contributed by atoms with Gasteiger partial charge in [-0.05, 0) is 25.8 Å². The largest absolute Gasteiger partial charge is 0.371 e. The van der Waals surface area contributed by atoms with E-state index in [0.29, 0.717) is 13.0 Å². The van der Waals surface area contributed by atoms with Gasteiger partial charge in [0.2, 0.25) is 0 Å². The summed E-state index contributed by atoms with van der Waals surface area (Å²) >= 11 is 0. The highest BCUT2D eigenvalue weighted by molar-refractivity contribution is 5.83. The van der Waals surface area contributed by atoms with Crippen LogP contribution in [0, 0.1) is 0 Å². The first kappa shape index (κ1) is 13.9. The number of ketones is 1. The molecular formula is C13H22N2O2. The maximum Gasteiger partial charge on any atom is 0.161 e. The van der Waals surface area contributed by atoms with Crippen molar-refractivity contribution in [3.8, 4) is 0 Å². The average molecular weight is 238 g/mol. The van der Waals surface area contributed by atoms with Crippen LogP contribution in [0.3, 0.4) is 0 Å². The van der Waals surface area contributed by atoms with Crippen LogP contribution in [0.4, 0.5) is 0 Å². The Morgan fingerprint density at radius 3 is 2.82 bits per heavy atom. The first-order chi connectivity index (χ1) is 8.19. The molecule has 4 heteroatoms. The monoisotopic (exact) mass is 238 g/mol. The van der Waals surface area contributed by atoms with E-state index in [1.807, 2.05) is 24.7 Å². The highest BCUT2D eigenvalue weighted by atomic mass is 16.5. The Morgan fingerprint density at radius 1 is 1.53 bits per heavy atom. The van der Waals surface area contributed by atoms with Gasteiger partial charge >= 0.3 is 0 Å². The predicted molar refractivity (Wildman–Crippen MR) is 66.9 cm³/mol. The minimum atomic E-state index is -0.224. The fourth-order valence-electron chi connectivity index (χ4n) is 1.86. The van der Waals surface area contributed by atoms with Gasteiger partial charge in [-0.3, -0.25) is 9.48 Å². The van der Waals surface area contributed by atoms with Gasteiger partial charge in [0.05, 0.1) is 0 Å². The molecule has 1 aromatic heterocycles. The third-order valence-electron chi connectivity index (χ3n) is 2.83. The van der Waals surface area contributed by atoms with Gasteiger partial charge in [0.15, 0.2) is 5.78 Å². The Bertz CT molecular complexity index is 341. The second-order valence-corrected chi connectivity index (χ2v) is 4.15. The Morgan fingerprint density at radius 2 is 2.29 bits per heavy atom. The molecular weight excluding hydrogens is 216 g/mol. The van der Waals surface area contributed by atoms with Crippen molar-refractivity contribution < 1.29 is 9.53 Å². The molecule has 0 aromatic carbocycles. The third kappa shape index (κ3) is 4.30. The smallest absolute Gasteiger partial charge is 0.161 e. The van der Waals surface area contributed by atoms with Crippen molar-refractivity contribution >= 4 is 5.78 Å². The van der Waals surface area contributed by atoms with Crippen molar-refractivity contribution in [1.29, 1.82) is 0 Å². The van der Waals surface area contributed by atoms with Gasteiger partial charge in [-0.1, -0.05) is 13.3 Å². The summed E-state index contributed by atoms with van der Waals surface area (Å²) in [6.07, 6.45) is 4.59. The van der Waals surface area contributed by atoms with Gasteiger partial charge in [-0.2, -0.15) is 5.10 Å². The molecule has 0 spiro atoms. The van der Waals surface area contributed by atoms with Crippen LogP contribution in [0.1, 0.15) is 38.8 Å². The zero-order chi connectivity index (χ0) is 12.7. The second kappa shape index (κ2) is 7.22. The van der Waals surface area contributed by atoms with Crippen LogP contribution in [0.5, 0.6) is 0 Å². The lowest BCUT2D eigenvalue weighted by atomic mass is 10.0. The summed E-state index contributed by atoms with van der Waals surface area (Å²) in [6, 6.07) is 1.95. The topological polar surface area (TPSA) is 44.1 Å². The van der Waals surface area contributed by atoms with Crippen LogP contribution in [0.25, 0.3) is 0 Å². The number of carbonyl (C=O) groups excluding carboxylic acids is 1. The van der Waals surface area contributed by atoms with Gasteiger partial charge in [0.1, 0.15) is 6.10 Å². The maximum absolute atomic E-state index is 12.0. The zero-order valence-corrected chi connectivity index (χ0v) is 11.0. The van der Waals surface area contributed by atoms with Crippen molar-refractivity contribution in [2.24, 2.45) is 7.05 Å². The molecule has 0 saturated heterocycles. The number of nitrogens with zero attached hydrogens (tertiary/aromatic N) is 2. The van der Waals surface area contributed by atoms with E-state index in [1.54, 1.807) is 6.20 Å². The molecule has 0 aliphatic rings. The van der Waals surface area contributed by atoms with Crippen molar-refractivity contribution in [3.05, 3.63) is 18.0 Å². The molecule has 96 valence electrons. The number of ether oxygens (including phenoxy) is 1. The number of carbonyl (C=O) groups is 1. The number of rotatable bonds is 8. The van der Waals surface area contributed by atoms with Crippen LogP contribution < -0.4 is 0 Å². The second-order valence-electron chi connectivity index (χ2n) is 4.15. The van der Waals surface area contributed by atoms with Crippen molar-refractivity contribution in [1.82, 2.24) is 9.78 Å². The molecule has 0 saturated carbocycles. The molecule has 1 unspecified atom stereocenters. The maximum atomic E-state index is 12.0. The highest BCUT2D eigenvalue weighted by Crippen LogP contribution is 2.09. The fraction of sp³-hybridized carbons (Fsp3) is 0.692. The molecule has 1 heterocycles. The lowest BCUT2D eigenvalue weighted by molar-refractivity contribution is -0.130. The first-order valence-corrected chi connectivity index (χ1v) is 6.30.